The van der Waals surface area contributed by atoms with Gasteiger partial charge in [-0.3, -0.25) is 4.18 Å². The minimum Gasteiger partial charge on any atom is -0.494 e. The van der Waals surface area contributed by atoms with Crippen molar-refractivity contribution in [2.75, 3.05) is 33.0 Å². The van der Waals surface area contributed by atoms with Crippen molar-refractivity contribution < 1.29 is 36.3 Å². The van der Waals surface area contributed by atoms with Gasteiger partial charge < -0.3 is 23.7 Å². The maximum atomic E-state index is 13.3. The number of fused-ring (bicyclic) bond motifs is 1. The molecule has 5 atom stereocenters. The summed E-state index contributed by atoms with van der Waals surface area (Å²) in [5.41, 5.74) is 2.80. The second kappa shape index (κ2) is 16.3. The van der Waals surface area contributed by atoms with E-state index in [9.17, 15) is 8.42 Å². The first kappa shape index (κ1) is 35.8. The summed E-state index contributed by atoms with van der Waals surface area (Å²) >= 11 is 6.75. The lowest BCUT2D eigenvalue weighted by Gasteiger charge is -2.58. The van der Waals surface area contributed by atoms with Crippen LogP contribution in [0.25, 0.3) is 0 Å². The van der Waals surface area contributed by atoms with Gasteiger partial charge in [-0.2, -0.15) is 8.42 Å². The molecule has 47 heavy (non-hydrogen) atoms. The standard InChI is InChI=1S/C37H47ClO8S/c1-5-8-20-42-34-33(28-14-19-32(38)29(23-28)22-27-12-15-30(16-13-27)41-7-3)46-37(24-44-36(37)35(34)43-21-9-6-2)25-45-47(39,40)31-17-10-26(4)11-18-31/h10-19,23,33-36H,5-9,20-22,24-25H2,1-4H3/t33-,34-,35+,36-,37+/m0/s1. The Kier molecular flexibility index (Phi) is 12.4. The number of unbranched alkanes of at least 4 members (excludes halogenated alkanes) is 2. The second-order valence-electron chi connectivity index (χ2n) is 12.3. The predicted octanol–water partition coefficient (Wildman–Crippen LogP) is 7.62. The minimum atomic E-state index is -4.04. The van der Waals surface area contributed by atoms with Crippen molar-refractivity contribution in [3.05, 3.63) is 94.0 Å². The van der Waals surface area contributed by atoms with Gasteiger partial charge in [0.25, 0.3) is 10.1 Å². The molecule has 0 aliphatic carbocycles. The molecule has 0 bridgehead atoms. The number of aryl methyl sites for hydroxylation is 1. The average molecular weight is 687 g/mol. The van der Waals surface area contributed by atoms with Gasteiger partial charge in [0, 0.05) is 18.2 Å². The Morgan fingerprint density at radius 1 is 0.894 bits per heavy atom. The fourth-order valence-electron chi connectivity index (χ4n) is 5.98. The van der Waals surface area contributed by atoms with Crippen molar-refractivity contribution >= 4 is 21.7 Å². The summed E-state index contributed by atoms with van der Waals surface area (Å²) in [6.07, 6.45) is 2.16. The van der Waals surface area contributed by atoms with Crippen LogP contribution in [0.3, 0.4) is 0 Å². The molecule has 2 aliphatic rings. The summed E-state index contributed by atoms with van der Waals surface area (Å²) in [4.78, 5) is 0.0943. The monoisotopic (exact) mass is 686 g/mol. The zero-order chi connectivity index (χ0) is 33.4. The molecule has 3 aromatic carbocycles. The quantitative estimate of drug-likeness (QED) is 0.106. The van der Waals surface area contributed by atoms with E-state index in [1.165, 1.54) is 0 Å². The van der Waals surface area contributed by atoms with E-state index in [1.54, 1.807) is 24.3 Å². The van der Waals surface area contributed by atoms with Gasteiger partial charge in [-0.25, -0.2) is 0 Å². The van der Waals surface area contributed by atoms with Gasteiger partial charge >= 0.3 is 0 Å². The second-order valence-corrected chi connectivity index (χ2v) is 14.4. The van der Waals surface area contributed by atoms with E-state index in [0.29, 0.717) is 31.3 Å². The van der Waals surface area contributed by atoms with Gasteiger partial charge in [-0.15, -0.1) is 0 Å². The third kappa shape index (κ3) is 8.57. The molecule has 0 amide bonds. The van der Waals surface area contributed by atoms with Crippen LogP contribution < -0.4 is 4.74 Å². The molecule has 2 saturated heterocycles. The van der Waals surface area contributed by atoms with Gasteiger partial charge in [0.1, 0.15) is 42.4 Å². The van der Waals surface area contributed by atoms with Gasteiger partial charge in [0.2, 0.25) is 0 Å². The van der Waals surface area contributed by atoms with Crippen LogP contribution in [-0.4, -0.2) is 65.4 Å². The zero-order valence-corrected chi connectivity index (χ0v) is 29.4. The topological polar surface area (TPSA) is 89.5 Å². The summed E-state index contributed by atoms with van der Waals surface area (Å²) in [7, 11) is -4.04. The molecule has 0 spiro atoms. The maximum absolute atomic E-state index is 13.3. The highest BCUT2D eigenvalue weighted by Crippen LogP contribution is 2.48. The number of hydrogen-bond acceptors (Lipinski definition) is 8. The van der Waals surface area contributed by atoms with Gasteiger partial charge in [-0.1, -0.05) is 80.3 Å². The molecular formula is C37H47ClO8S. The van der Waals surface area contributed by atoms with Crippen LogP contribution in [-0.2, 0) is 39.7 Å². The first-order valence-corrected chi connectivity index (χ1v) is 18.5. The Morgan fingerprint density at radius 3 is 2.19 bits per heavy atom. The third-order valence-corrected chi connectivity index (χ3v) is 10.4. The van der Waals surface area contributed by atoms with Crippen LogP contribution in [0.4, 0.5) is 0 Å². The highest BCUT2D eigenvalue weighted by Gasteiger charge is 2.63. The fraction of sp³-hybridized carbons (Fsp3) is 0.514. The Hall–Kier alpha value is -2.50. The number of hydrogen-bond donors (Lipinski definition) is 0. The minimum absolute atomic E-state index is 0.0943. The number of rotatable bonds is 17. The average Bonchev–Trinajstić information content (AvgIpc) is 3.05. The summed E-state index contributed by atoms with van der Waals surface area (Å²) in [5.74, 6) is 0.821. The van der Waals surface area contributed by atoms with E-state index in [1.807, 2.05) is 50.2 Å². The number of ether oxygens (including phenoxy) is 5. The lowest BCUT2D eigenvalue weighted by molar-refractivity contribution is -0.371. The molecule has 0 aromatic heterocycles. The molecule has 2 fully saturated rings. The number of benzene rings is 3. The Bertz CT molecular complexity index is 1550. The van der Waals surface area contributed by atoms with Crippen LogP contribution >= 0.6 is 11.6 Å². The van der Waals surface area contributed by atoms with E-state index in [4.69, 9.17) is 39.5 Å². The van der Waals surface area contributed by atoms with Crippen LogP contribution in [0, 0.1) is 6.92 Å². The lowest BCUT2D eigenvalue weighted by atomic mass is 9.79. The molecule has 0 N–H and O–H groups in total. The summed E-state index contributed by atoms with van der Waals surface area (Å²) < 4.78 is 63.9. The van der Waals surface area contributed by atoms with E-state index < -0.39 is 40.1 Å². The van der Waals surface area contributed by atoms with E-state index in [-0.39, 0.29) is 18.1 Å². The van der Waals surface area contributed by atoms with Crippen molar-refractivity contribution in [3.8, 4) is 5.75 Å². The fourth-order valence-corrected chi connectivity index (χ4v) is 7.12. The van der Waals surface area contributed by atoms with Crippen molar-refractivity contribution in [2.24, 2.45) is 0 Å². The molecular weight excluding hydrogens is 640 g/mol. The molecule has 2 heterocycles. The van der Waals surface area contributed by atoms with Crippen LogP contribution in [0.5, 0.6) is 5.75 Å². The van der Waals surface area contributed by atoms with Crippen LogP contribution in [0.1, 0.15) is 74.8 Å². The van der Waals surface area contributed by atoms with Crippen LogP contribution in [0.2, 0.25) is 5.02 Å². The van der Waals surface area contributed by atoms with Crippen LogP contribution in [0.15, 0.2) is 71.6 Å². The maximum Gasteiger partial charge on any atom is 0.297 e. The first-order chi connectivity index (χ1) is 22.7. The van der Waals surface area contributed by atoms with Gasteiger partial charge in [0.05, 0.1) is 18.1 Å². The Labute approximate surface area is 284 Å². The van der Waals surface area contributed by atoms with E-state index in [0.717, 1.165) is 53.7 Å². The van der Waals surface area contributed by atoms with E-state index in [2.05, 4.69) is 19.9 Å². The normalized spacial score (nSPS) is 24.0. The smallest absolute Gasteiger partial charge is 0.297 e. The molecule has 0 radical (unpaired) electrons. The molecule has 0 saturated carbocycles. The largest absolute Gasteiger partial charge is 0.494 e. The lowest BCUT2D eigenvalue weighted by Crippen LogP contribution is -2.74. The van der Waals surface area contributed by atoms with Gasteiger partial charge in [0.15, 0.2) is 0 Å². The van der Waals surface area contributed by atoms with E-state index >= 15 is 0 Å². The van der Waals surface area contributed by atoms with Gasteiger partial charge in [-0.05, 0) is 80.1 Å². The highest BCUT2D eigenvalue weighted by molar-refractivity contribution is 7.86. The molecule has 2 aliphatic heterocycles. The van der Waals surface area contributed by atoms with Crippen molar-refractivity contribution in [1.29, 1.82) is 0 Å². The van der Waals surface area contributed by atoms with Crippen molar-refractivity contribution in [3.63, 3.8) is 0 Å². The Morgan fingerprint density at radius 2 is 1.57 bits per heavy atom. The summed E-state index contributed by atoms with van der Waals surface area (Å²) in [6, 6.07) is 20.5. The number of halogens is 1. The SMILES string of the molecule is CCCCO[C@@H]1[C@@H](OCCCC)[C@@H]2OC[C@]2(COS(=O)(=O)c2ccc(C)cc2)O[C@H]1c1ccc(Cl)c(Cc2ccc(OCC)cc2)c1. The third-order valence-electron chi connectivity index (χ3n) is 8.72. The molecule has 5 rings (SSSR count). The molecule has 0 unspecified atom stereocenters. The Balaban J connectivity index is 1.46. The van der Waals surface area contributed by atoms with Crippen molar-refractivity contribution in [2.45, 2.75) is 94.7 Å². The molecule has 256 valence electrons. The first-order valence-electron chi connectivity index (χ1n) is 16.7. The zero-order valence-electron chi connectivity index (χ0n) is 27.8. The predicted molar refractivity (Wildman–Crippen MR) is 182 cm³/mol. The molecule has 8 nitrogen and oxygen atoms in total. The molecule has 10 heteroatoms. The summed E-state index contributed by atoms with van der Waals surface area (Å²) in [5, 5.41) is 0.643. The highest BCUT2D eigenvalue weighted by atomic mass is 35.5. The molecule has 3 aromatic rings. The van der Waals surface area contributed by atoms with Crippen molar-refractivity contribution in [1.82, 2.24) is 0 Å². The summed E-state index contributed by atoms with van der Waals surface area (Å²) in [6.45, 7) is 9.69.